The minimum absolute atomic E-state index is 0.0694. The summed E-state index contributed by atoms with van der Waals surface area (Å²) < 4.78 is 16.0. The number of carbonyl (C=O) groups excluding carboxylic acids is 3. The third-order valence-corrected chi connectivity index (χ3v) is 7.71. The van der Waals surface area contributed by atoms with Crippen LogP contribution in [0.25, 0.3) is 11.4 Å². The number of fused-ring (bicyclic) bond motifs is 1. The van der Waals surface area contributed by atoms with E-state index in [1.54, 1.807) is 46.9 Å². The molecular weight excluding hydrogens is 590 g/mol. The van der Waals surface area contributed by atoms with Crippen LogP contribution in [0.15, 0.2) is 40.9 Å². The average molecular weight is 636 g/mol. The van der Waals surface area contributed by atoms with Gasteiger partial charge in [-0.15, -0.1) is 0 Å². The first-order chi connectivity index (χ1) is 21.8. The molecular formula is C33H45N7O6. The van der Waals surface area contributed by atoms with Crippen molar-refractivity contribution >= 4 is 23.6 Å². The van der Waals surface area contributed by atoms with Gasteiger partial charge in [-0.05, 0) is 69.5 Å². The lowest BCUT2D eigenvalue weighted by atomic mass is 10.1. The van der Waals surface area contributed by atoms with Crippen molar-refractivity contribution in [1.82, 2.24) is 30.0 Å². The summed E-state index contributed by atoms with van der Waals surface area (Å²) in [6.45, 7) is 12.5. The Morgan fingerprint density at radius 3 is 2.37 bits per heavy atom. The molecule has 13 nitrogen and oxygen atoms in total. The maximum Gasteiger partial charge on any atom is 0.410 e. The second-order valence-corrected chi connectivity index (χ2v) is 12.3. The number of hydrazine groups is 1. The average Bonchev–Trinajstić information content (AvgIpc) is 3.64. The van der Waals surface area contributed by atoms with Crippen LogP contribution >= 0.6 is 0 Å². The van der Waals surface area contributed by atoms with Crippen molar-refractivity contribution in [2.24, 2.45) is 0 Å². The minimum Gasteiger partial charge on any atom is -0.497 e. The minimum atomic E-state index is -0.660. The Morgan fingerprint density at radius 1 is 1.00 bits per heavy atom. The second-order valence-electron chi connectivity index (χ2n) is 12.3. The van der Waals surface area contributed by atoms with E-state index in [2.05, 4.69) is 15.5 Å². The Hall–Kier alpha value is -4.65. The molecule has 0 saturated heterocycles. The molecule has 0 fully saturated rings. The fourth-order valence-corrected chi connectivity index (χ4v) is 5.00. The number of ether oxygens (including phenoxy) is 2. The van der Waals surface area contributed by atoms with Crippen LogP contribution in [0.5, 0.6) is 5.75 Å². The van der Waals surface area contributed by atoms with E-state index >= 15 is 0 Å². The number of hydrogen-bond donors (Lipinski definition) is 1. The molecule has 248 valence electrons. The topological polar surface area (TPSA) is 134 Å². The number of aromatic nitrogens is 2. The van der Waals surface area contributed by atoms with Gasteiger partial charge in [0, 0.05) is 57.9 Å². The summed E-state index contributed by atoms with van der Waals surface area (Å²) in [5.41, 5.74) is 3.93. The molecule has 13 heteroatoms. The first kappa shape index (κ1) is 34.2. The molecule has 2 aromatic carbocycles. The summed E-state index contributed by atoms with van der Waals surface area (Å²) >= 11 is 0. The Bertz CT molecular complexity index is 1550. The maximum atomic E-state index is 13.7. The van der Waals surface area contributed by atoms with Gasteiger partial charge in [0.25, 0.3) is 5.91 Å². The first-order valence-corrected chi connectivity index (χ1v) is 15.4. The number of nitrogens with one attached hydrogen (secondary N) is 1. The van der Waals surface area contributed by atoms with E-state index in [-0.39, 0.29) is 38.0 Å². The van der Waals surface area contributed by atoms with Crippen molar-refractivity contribution < 1.29 is 28.4 Å². The molecule has 46 heavy (non-hydrogen) atoms. The molecule has 0 saturated carbocycles. The number of methoxy groups -OCH3 is 1. The summed E-state index contributed by atoms with van der Waals surface area (Å²) in [4.78, 5) is 47.4. The third-order valence-electron chi connectivity index (χ3n) is 7.71. The molecule has 0 atom stereocenters. The van der Waals surface area contributed by atoms with Crippen LogP contribution in [0.4, 0.5) is 10.5 Å². The number of aryl methyl sites for hydroxylation is 2. The quantitative estimate of drug-likeness (QED) is 0.308. The van der Waals surface area contributed by atoms with Gasteiger partial charge in [0.05, 0.1) is 13.7 Å². The van der Waals surface area contributed by atoms with Gasteiger partial charge in [-0.25, -0.2) is 9.80 Å². The van der Waals surface area contributed by atoms with Gasteiger partial charge in [-0.2, -0.15) is 4.98 Å². The van der Waals surface area contributed by atoms with Gasteiger partial charge < -0.3 is 29.1 Å². The largest absolute Gasteiger partial charge is 0.497 e. The molecule has 2 heterocycles. The highest BCUT2D eigenvalue weighted by Gasteiger charge is 2.29. The molecule has 3 aromatic rings. The van der Waals surface area contributed by atoms with E-state index in [0.717, 1.165) is 33.7 Å². The molecule has 1 aromatic heterocycles. The summed E-state index contributed by atoms with van der Waals surface area (Å²) in [6, 6.07) is 11.5. The molecule has 4 rings (SSSR count). The predicted molar refractivity (Wildman–Crippen MR) is 173 cm³/mol. The number of nitrogens with zero attached hydrogens (tertiary/aromatic N) is 6. The molecule has 1 aliphatic rings. The van der Waals surface area contributed by atoms with Crippen LogP contribution in [0.2, 0.25) is 0 Å². The first-order valence-electron chi connectivity index (χ1n) is 15.4. The maximum absolute atomic E-state index is 13.7. The fraction of sp³-hybridized carbons (Fsp3) is 0.485. The molecule has 0 radical (unpaired) electrons. The standard InChI is InChI=1S/C33H45N7O6/c1-9-38(32(43)45-33(4,5)6)14-15-39(21-30(42)37(7)40-19-25-12-13-27(44-8)16-26(25)20-40)29(41)18-34-28-17-24(11-10-22(28)2)31-35-23(3)46-36-31/h10-13,16-17,34H,9,14-15,18-21H2,1-8H3. The Labute approximate surface area is 270 Å². The molecule has 0 aliphatic carbocycles. The lowest BCUT2D eigenvalue weighted by molar-refractivity contribution is -0.151. The molecule has 0 spiro atoms. The lowest BCUT2D eigenvalue weighted by Crippen LogP contribution is -2.50. The van der Waals surface area contributed by atoms with Crippen molar-refractivity contribution in [2.75, 3.05) is 52.2 Å². The van der Waals surface area contributed by atoms with Crippen molar-refractivity contribution in [1.29, 1.82) is 0 Å². The summed E-state index contributed by atoms with van der Waals surface area (Å²) in [5, 5.41) is 10.7. The van der Waals surface area contributed by atoms with Gasteiger partial charge in [0.1, 0.15) is 17.9 Å². The molecule has 0 bridgehead atoms. The second kappa shape index (κ2) is 14.6. The number of anilines is 1. The van der Waals surface area contributed by atoms with Crippen LogP contribution in [-0.2, 0) is 27.4 Å². The van der Waals surface area contributed by atoms with Crippen molar-refractivity contribution in [2.45, 2.75) is 60.2 Å². The Morgan fingerprint density at radius 2 is 1.72 bits per heavy atom. The van der Waals surface area contributed by atoms with Gasteiger partial charge in [0.15, 0.2) is 0 Å². The van der Waals surface area contributed by atoms with Crippen LogP contribution in [0, 0.1) is 13.8 Å². The number of hydrogen-bond acceptors (Lipinski definition) is 10. The zero-order valence-corrected chi connectivity index (χ0v) is 28.0. The Kier molecular flexibility index (Phi) is 10.9. The molecule has 0 unspecified atom stereocenters. The zero-order chi connectivity index (χ0) is 33.6. The van der Waals surface area contributed by atoms with E-state index < -0.39 is 11.7 Å². The van der Waals surface area contributed by atoms with Gasteiger partial charge in [0.2, 0.25) is 17.6 Å². The summed E-state index contributed by atoms with van der Waals surface area (Å²) in [5.74, 6) is 1.12. The lowest BCUT2D eigenvalue weighted by Gasteiger charge is -2.32. The highest BCUT2D eigenvalue weighted by atomic mass is 16.6. The number of amides is 3. The highest BCUT2D eigenvalue weighted by molar-refractivity contribution is 5.87. The van der Waals surface area contributed by atoms with E-state index in [1.165, 1.54) is 9.80 Å². The highest BCUT2D eigenvalue weighted by Crippen LogP contribution is 2.28. The predicted octanol–water partition coefficient (Wildman–Crippen LogP) is 4.25. The van der Waals surface area contributed by atoms with Crippen LogP contribution < -0.4 is 10.1 Å². The van der Waals surface area contributed by atoms with Crippen molar-refractivity contribution in [3.05, 3.63) is 59.0 Å². The summed E-state index contributed by atoms with van der Waals surface area (Å²) in [6.07, 6.45) is -0.474. The third kappa shape index (κ3) is 8.75. The van der Waals surface area contributed by atoms with Crippen LogP contribution in [0.1, 0.15) is 50.3 Å². The van der Waals surface area contributed by atoms with Crippen LogP contribution in [0.3, 0.4) is 0 Å². The Balaban J connectivity index is 1.47. The van der Waals surface area contributed by atoms with Crippen molar-refractivity contribution in [3.63, 3.8) is 0 Å². The molecule has 1 N–H and O–H groups in total. The van der Waals surface area contributed by atoms with E-state index in [1.807, 2.05) is 55.3 Å². The number of carbonyl (C=O) groups is 3. The molecule has 1 aliphatic heterocycles. The van der Waals surface area contributed by atoms with Gasteiger partial charge in [-0.3, -0.25) is 14.6 Å². The number of rotatable bonds is 12. The van der Waals surface area contributed by atoms with E-state index in [9.17, 15) is 14.4 Å². The fourth-order valence-electron chi connectivity index (χ4n) is 5.00. The van der Waals surface area contributed by atoms with E-state index in [4.69, 9.17) is 14.0 Å². The van der Waals surface area contributed by atoms with Gasteiger partial charge in [-0.1, -0.05) is 23.4 Å². The van der Waals surface area contributed by atoms with E-state index in [0.29, 0.717) is 31.3 Å². The van der Waals surface area contributed by atoms with Crippen LogP contribution in [-0.4, -0.2) is 100 Å². The van der Waals surface area contributed by atoms with Gasteiger partial charge >= 0.3 is 6.09 Å². The zero-order valence-electron chi connectivity index (χ0n) is 28.0. The smallest absolute Gasteiger partial charge is 0.410 e. The number of likely N-dealkylation sites (N-methyl/N-ethyl adjacent to an activating group) is 2. The SMILES string of the molecule is CCN(CCN(CC(=O)N(C)N1Cc2ccc(OC)cc2C1)C(=O)CNc1cc(-c2noc(C)n2)ccc1C)C(=O)OC(C)(C)C. The molecule has 3 amide bonds. The monoisotopic (exact) mass is 635 g/mol. The number of benzene rings is 2. The summed E-state index contributed by atoms with van der Waals surface area (Å²) in [7, 11) is 3.33. The van der Waals surface area contributed by atoms with Crippen molar-refractivity contribution in [3.8, 4) is 17.1 Å². The normalized spacial score (nSPS) is 12.8.